The molecule has 1 aromatic heterocycles. The van der Waals surface area contributed by atoms with E-state index in [1.165, 1.54) is 0 Å². The summed E-state index contributed by atoms with van der Waals surface area (Å²) in [5.74, 6) is 1.59. The van der Waals surface area contributed by atoms with Crippen LogP contribution in [0.3, 0.4) is 0 Å². The van der Waals surface area contributed by atoms with E-state index in [1.54, 1.807) is 4.68 Å². The van der Waals surface area contributed by atoms with Crippen molar-refractivity contribution in [3.63, 3.8) is 0 Å². The number of hydrogen-bond donors (Lipinski definition) is 1. The van der Waals surface area contributed by atoms with Gasteiger partial charge in [-0.2, -0.15) is 5.10 Å². The van der Waals surface area contributed by atoms with Gasteiger partial charge < -0.3 is 19.7 Å². The molecule has 0 bridgehead atoms. The van der Waals surface area contributed by atoms with Gasteiger partial charge in [0.1, 0.15) is 0 Å². The molecule has 8 heteroatoms. The molecule has 3 heterocycles. The highest BCUT2D eigenvalue weighted by Gasteiger charge is 2.29. The minimum absolute atomic E-state index is 0.126. The lowest BCUT2D eigenvalue weighted by Crippen LogP contribution is -2.37. The Morgan fingerprint density at radius 1 is 1.24 bits per heavy atom. The number of rotatable bonds is 5. The van der Waals surface area contributed by atoms with Crippen LogP contribution in [-0.2, 0) is 31.4 Å². The van der Waals surface area contributed by atoms with Gasteiger partial charge in [-0.25, -0.2) is 0 Å². The number of nitrogens with one attached hydrogen (secondary N) is 1. The van der Waals surface area contributed by atoms with Gasteiger partial charge in [-0.3, -0.25) is 14.3 Å². The molecule has 29 heavy (non-hydrogen) atoms. The average molecular weight is 398 g/mol. The third-order valence-electron chi connectivity index (χ3n) is 5.28. The van der Waals surface area contributed by atoms with E-state index in [-0.39, 0.29) is 18.6 Å². The second-order valence-electron chi connectivity index (χ2n) is 7.93. The summed E-state index contributed by atoms with van der Waals surface area (Å²) < 4.78 is 12.5. The Kier molecular flexibility index (Phi) is 5.17. The normalized spacial score (nSPS) is 14.8. The molecule has 0 saturated heterocycles. The molecule has 0 atom stereocenters. The summed E-state index contributed by atoms with van der Waals surface area (Å²) in [5, 5.41) is 7.37. The molecule has 0 aliphatic carbocycles. The topological polar surface area (TPSA) is 85.7 Å². The lowest BCUT2D eigenvalue weighted by molar-refractivity contribution is -0.132. The van der Waals surface area contributed by atoms with Gasteiger partial charge >= 0.3 is 0 Å². The zero-order chi connectivity index (χ0) is 20.5. The predicted molar refractivity (Wildman–Crippen MR) is 106 cm³/mol. The van der Waals surface area contributed by atoms with Crippen molar-refractivity contribution < 1.29 is 19.1 Å². The summed E-state index contributed by atoms with van der Waals surface area (Å²) in [5.41, 5.74) is 3.18. The Hall–Kier alpha value is -3.03. The second kappa shape index (κ2) is 7.77. The maximum Gasteiger partial charge on any atom is 0.272 e. The number of benzene rings is 1. The number of carbonyl (C=O) groups is 2. The lowest BCUT2D eigenvalue weighted by atomic mass is 10.0. The molecule has 2 aliphatic rings. The van der Waals surface area contributed by atoms with Crippen LogP contribution in [0.1, 0.15) is 47.6 Å². The Balaban J connectivity index is 1.46. The van der Waals surface area contributed by atoms with Gasteiger partial charge in [-0.1, -0.05) is 19.9 Å². The summed E-state index contributed by atoms with van der Waals surface area (Å²) >= 11 is 0. The predicted octanol–water partition coefficient (Wildman–Crippen LogP) is 2.01. The van der Waals surface area contributed by atoms with E-state index in [2.05, 4.69) is 10.4 Å². The van der Waals surface area contributed by atoms with Crippen molar-refractivity contribution in [2.75, 3.05) is 13.3 Å². The van der Waals surface area contributed by atoms with Crippen molar-refractivity contribution >= 4 is 11.8 Å². The fraction of sp³-hybridized carbons (Fsp3) is 0.476. The maximum absolute atomic E-state index is 12.8. The Labute approximate surface area is 169 Å². The highest BCUT2D eigenvalue weighted by atomic mass is 16.7. The SMILES string of the molecule is CC(C)CC(=O)N1CCc2c(c(C(=O)NCc3ccc4c(c3)OCO4)nn2C)C1. The quantitative estimate of drug-likeness (QED) is 0.833. The number of nitrogens with zero attached hydrogens (tertiary/aromatic N) is 3. The summed E-state index contributed by atoms with van der Waals surface area (Å²) in [6.07, 6.45) is 1.22. The van der Waals surface area contributed by atoms with Gasteiger partial charge in [0, 0.05) is 50.8 Å². The van der Waals surface area contributed by atoms with Crippen LogP contribution in [0.15, 0.2) is 18.2 Å². The number of hydrogen-bond acceptors (Lipinski definition) is 5. The first-order valence-corrected chi connectivity index (χ1v) is 9.91. The van der Waals surface area contributed by atoms with Gasteiger partial charge in [-0.15, -0.1) is 0 Å². The van der Waals surface area contributed by atoms with Crippen LogP contribution >= 0.6 is 0 Å². The molecule has 8 nitrogen and oxygen atoms in total. The van der Waals surface area contributed by atoms with Crippen LogP contribution in [0.2, 0.25) is 0 Å². The summed E-state index contributed by atoms with van der Waals surface area (Å²) in [6.45, 7) is 5.74. The minimum atomic E-state index is -0.238. The van der Waals surface area contributed by atoms with Gasteiger partial charge in [-0.05, 0) is 23.6 Å². The van der Waals surface area contributed by atoms with E-state index in [0.717, 1.165) is 16.8 Å². The fourth-order valence-corrected chi connectivity index (χ4v) is 3.78. The Bertz CT molecular complexity index is 950. The van der Waals surface area contributed by atoms with Crippen LogP contribution in [0.5, 0.6) is 11.5 Å². The smallest absolute Gasteiger partial charge is 0.272 e. The largest absolute Gasteiger partial charge is 0.454 e. The third-order valence-corrected chi connectivity index (χ3v) is 5.28. The van der Waals surface area contributed by atoms with Crippen molar-refractivity contribution in [1.29, 1.82) is 0 Å². The maximum atomic E-state index is 12.8. The molecule has 1 aromatic carbocycles. The monoisotopic (exact) mass is 398 g/mol. The van der Waals surface area contributed by atoms with E-state index in [1.807, 2.05) is 44.0 Å². The van der Waals surface area contributed by atoms with Crippen LogP contribution in [-0.4, -0.2) is 39.8 Å². The third kappa shape index (κ3) is 3.92. The first kappa shape index (κ1) is 19.3. The molecular weight excluding hydrogens is 372 g/mol. The summed E-state index contributed by atoms with van der Waals surface area (Å²) in [7, 11) is 1.85. The molecule has 154 valence electrons. The van der Waals surface area contributed by atoms with E-state index in [0.29, 0.717) is 55.6 Å². The van der Waals surface area contributed by atoms with Gasteiger partial charge in [0.15, 0.2) is 17.2 Å². The van der Waals surface area contributed by atoms with Gasteiger partial charge in [0.2, 0.25) is 12.7 Å². The number of carbonyl (C=O) groups excluding carboxylic acids is 2. The molecule has 0 fully saturated rings. The molecule has 2 amide bonds. The van der Waals surface area contributed by atoms with Gasteiger partial charge in [0.05, 0.1) is 0 Å². The second-order valence-corrected chi connectivity index (χ2v) is 7.93. The Morgan fingerprint density at radius 2 is 2.03 bits per heavy atom. The van der Waals surface area contributed by atoms with E-state index in [9.17, 15) is 9.59 Å². The molecule has 0 spiro atoms. The molecule has 0 radical (unpaired) electrons. The molecule has 0 saturated carbocycles. The van der Waals surface area contributed by atoms with Crippen LogP contribution in [0.25, 0.3) is 0 Å². The van der Waals surface area contributed by atoms with Crippen molar-refractivity contribution in [3.8, 4) is 11.5 Å². The van der Waals surface area contributed by atoms with E-state index >= 15 is 0 Å². The first-order chi connectivity index (χ1) is 13.9. The average Bonchev–Trinajstić information content (AvgIpc) is 3.29. The van der Waals surface area contributed by atoms with Crippen molar-refractivity contribution in [1.82, 2.24) is 20.0 Å². The lowest BCUT2D eigenvalue weighted by Gasteiger charge is -2.28. The molecular formula is C21H26N4O4. The number of amides is 2. The molecule has 4 rings (SSSR count). The first-order valence-electron chi connectivity index (χ1n) is 9.91. The molecule has 0 unspecified atom stereocenters. The van der Waals surface area contributed by atoms with E-state index < -0.39 is 0 Å². The zero-order valence-electron chi connectivity index (χ0n) is 17.0. The number of ether oxygens (including phenoxy) is 2. The van der Waals surface area contributed by atoms with Crippen LogP contribution < -0.4 is 14.8 Å². The van der Waals surface area contributed by atoms with Crippen molar-refractivity contribution in [2.24, 2.45) is 13.0 Å². The van der Waals surface area contributed by atoms with E-state index in [4.69, 9.17) is 9.47 Å². The standard InChI is InChI=1S/C21H26N4O4/c1-13(2)8-19(26)25-7-6-16-15(11-25)20(23-24(16)3)21(27)22-10-14-4-5-17-18(9-14)29-12-28-17/h4-5,9,13H,6-8,10-12H2,1-3H3,(H,22,27). The Morgan fingerprint density at radius 3 is 2.83 bits per heavy atom. The number of aryl methyl sites for hydroxylation is 1. The number of aromatic nitrogens is 2. The summed E-state index contributed by atoms with van der Waals surface area (Å²) in [4.78, 5) is 27.2. The zero-order valence-corrected chi connectivity index (χ0v) is 17.0. The van der Waals surface area contributed by atoms with Crippen molar-refractivity contribution in [3.05, 3.63) is 40.7 Å². The van der Waals surface area contributed by atoms with Crippen LogP contribution in [0.4, 0.5) is 0 Å². The fourth-order valence-electron chi connectivity index (χ4n) is 3.78. The molecule has 2 aromatic rings. The minimum Gasteiger partial charge on any atom is -0.454 e. The molecule has 1 N–H and O–H groups in total. The number of fused-ring (bicyclic) bond motifs is 2. The molecule has 2 aliphatic heterocycles. The highest BCUT2D eigenvalue weighted by molar-refractivity contribution is 5.94. The van der Waals surface area contributed by atoms with Crippen LogP contribution in [0, 0.1) is 5.92 Å². The highest BCUT2D eigenvalue weighted by Crippen LogP contribution is 2.32. The summed E-state index contributed by atoms with van der Waals surface area (Å²) in [6, 6.07) is 5.60. The van der Waals surface area contributed by atoms with Crippen molar-refractivity contribution in [2.45, 2.75) is 39.8 Å². The van der Waals surface area contributed by atoms with Gasteiger partial charge in [0.25, 0.3) is 5.91 Å².